The van der Waals surface area contributed by atoms with Crippen LogP contribution in [0.3, 0.4) is 0 Å². The van der Waals surface area contributed by atoms with Gasteiger partial charge in [-0.15, -0.1) is 0 Å². The van der Waals surface area contributed by atoms with Gasteiger partial charge in [0.05, 0.1) is 16.7 Å². The first-order valence-electron chi connectivity index (χ1n) is 13.8. The number of hydrogen-bond donors (Lipinski definition) is 2. The number of fused-ring (bicyclic) bond motifs is 1. The standard InChI is InChI=1S/C30H36N4O3S/c35-27(32-24-10-4-5-11-24)20-38-30-33-26-13-7-6-12-25(26)29(37)34(30)19-22-14-16-23(17-15-22)28(36)31-18-21-8-2-1-3-9-21/h1-3,6-9,12-13,22-24H,4-5,10-11,14-20H2,(H,31,36)(H,32,35). The lowest BCUT2D eigenvalue weighted by Gasteiger charge is -2.28. The first-order valence-corrected chi connectivity index (χ1v) is 14.8. The van der Waals surface area contributed by atoms with Gasteiger partial charge < -0.3 is 10.6 Å². The summed E-state index contributed by atoms with van der Waals surface area (Å²) in [6.45, 7) is 1.11. The van der Waals surface area contributed by atoms with Gasteiger partial charge in [-0.05, 0) is 62.1 Å². The first kappa shape index (κ1) is 26.5. The maximum atomic E-state index is 13.5. The third-order valence-corrected chi connectivity index (χ3v) is 8.82. The Morgan fingerprint density at radius 1 is 0.921 bits per heavy atom. The number of rotatable bonds is 9. The lowest BCUT2D eigenvalue weighted by molar-refractivity contribution is -0.126. The Hall–Kier alpha value is -3.13. The predicted octanol–water partition coefficient (Wildman–Crippen LogP) is 4.67. The van der Waals surface area contributed by atoms with Gasteiger partial charge in [-0.2, -0.15) is 0 Å². The van der Waals surface area contributed by atoms with Crippen molar-refractivity contribution in [2.75, 3.05) is 5.75 Å². The summed E-state index contributed by atoms with van der Waals surface area (Å²) in [5.41, 5.74) is 1.70. The SMILES string of the molecule is O=C(CSc1nc2ccccc2c(=O)n1CC1CCC(C(=O)NCc2ccccc2)CC1)NC1CCCC1. The third kappa shape index (κ3) is 6.65. The van der Waals surface area contributed by atoms with Crippen LogP contribution in [0.1, 0.15) is 56.9 Å². The average Bonchev–Trinajstić information content (AvgIpc) is 3.46. The summed E-state index contributed by atoms with van der Waals surface area (Å²) in [6, 6.07) is 17.6. The molecule has 2 amide bonds. The maximum Gasteiger partial charge on any atom is 0.262 e. The highest BCUT2D eigenvalue weighted by atomic mass is 32.2. The van der Waals surface area contributed by atoms with Crippen LogP contribution in [0, 0.1) is 11.8 Å². The number of thioether (sulfide) groups is 1. The van der Waals surface area contributed by atoms with E-state index in [0.29, 0.717) is 35.1 Å². The van der Waals surface area contributed by atoms with Crippen LogP contribution in [0.4, 0.5) is 0 Å². The molecule has 0 spiro atoms. The molecule has 7 nitrogen and oxygen atoms in total. The average molecular weight is 533 g/mol. The van der Waals surface area contributed by atoms with E-state index in [1.807, 2.05) is 54.6 Å². The molecule has 2 N–H and O–H groups in total. The molecular weight excluding hydrogens is 496 g/mol. The number of para-hydroxylation sites is 1. The molecule has 0 bridgehead atoms. The zero-order valence-electron chi connectivity index (χ0n) is 21.7. The Bertz CT molecular complexity index is 1310. The van der Waals surface area contributed by atoms with Crippen molar-refractivity contribution in [2.24, 2.45) is 11.8 Å². The molecule has 8 heteroatoms. The van der Waals surface area contributed by atoms with E-state index in [1.165, 1.54) is 24.6 Å². The Balaban J connectivity index is 1.22. The van der Waals surface area contributed by atoms with Gasteiger partial charge in [0.2, 0.25) is 11.8 Å². The molecule has 0 atom stereocenters. The minimum atomic E-state index is -0.0583. The van der Waals surface area contributed by atoms with Gasteiger partial charge in [0, 0.05) is 25.0 Å². The summed E-state index contributed by atoms with van der Waals surface area (Å²) < 4.78 is 1.76. The number of nitrogens with one attached hydrogen (secondary N) is 2. The fourth-order valence-corrected chi connectivity index (χ4v) is 6.50. The van der Waals surface area contributed by atoms with Crippen molar-refractivity contribution < 1.29 is 9.59 Å². The maximum absolute atomic E-state index is 13.5. The van der Waals surface area contributed by atoms with Crippen molar-refractivity contribution >= 4 is 34.5 Å². The summed E-state index contributed by atoms with van der Waals surface area (Å²) >= 11 is 1.34. The Kier molecular flexibility index (Phi) is 8.79. The predicted molar refractivity (Wildman–Crippen MR) is 151 cm³/mol. The Morgan fingerprint density at radius 2 is 1.63 bits per heavy atom. The van der Waals surface area contributed by atoms with Gasteiger partial charge in [0.25, 0.3) is 5.56 Å². The summed E-state index contributed by atoms with van der Waals surface area (Å²) in [7, 11) is 0. The highest BCUT2D eigenvalue weighted by Crippen LogP contribution is 2.31. The molecule has 5 rings (SSSR count). The highest BCUT2D eigenvalue weighted by Gasteiger charge is 2.27. The van der Waals surface area contributed by atoms with Crippen LogP contribution in [0.2, 0.25) is 0 Å². The Labute approximate surface area is 227 Å². The minimum absolute atomic E-state index is 0.00196. The first-order chi connectivity index (χ1) is 18.6. The summed E-state index contributed by atoms with van der Waals surface area (Å²) in [4.78, 5) is 43.6. The second kappa shape index (κ2) is 12.6. The fraction of sp³-hybridized carbons (Fsp3) is 0.467. The van der Waals surface area contributed by atoms with Crippen LogP contribution >= 0.6 is 11.8 Å². The van der Waals surface area contributed by atoms with Crippen molar-refractivity contribution in [1.29, 1.82) is 0 Å². The second-order valence-corrected chi connectivity index (χ2v) is 11.5. The van der Waals surface area contributed by atoms with Gasteiger partial charge in [-0.3, -0.25) is 19.0 Å². The van der Waals surface area contributed by atoms with Crippen molar-refractivity contribution in [2.45, 2.75) is 75.7 Å². The topological polar surface area (TPSA) is 93.1 Å². The zero-order valence-corrected chi connectivity index (χ0v) is 22.6. The lowest BCUT2D eigenvalue weighted by atomic mass is 9.81. The quantitative estimate of drug-likeness (QED) is 0.309. The van der Waals surface area contributed by atoms with Crippen LogP contribution in [-0.2, 0) is 22.7 Å². The van der Waals surface area contributed by atoms with Gasteiger partial charge >= 0.3 is 0 Å². The number of carbonyl (C=O) groups excluding carboxylic acids is 2. The monoisotopic (exact) mass is 532 g/mol. The van der Waals surface area contributed by atoms with E-state index in [9.17, 15) is 14.4 Å². The number of hydrogen-bond acceptors (Lipinski definition) is 5. The highest BCUT2D eigenvalue weighted by molar-refractivity contribution is 7.99. The molecule has 200 valence electrons. The molecular formula is C30H36N4O3S. The summed E-state index contributed by atoms with van der Waals surface area (Å²) in [5, 5.41) is 7.40. The van der Waals surface area contributed by atoms with Crippen LogP contribution in [0.25, 0.3) is 10.9 Å². The van der Waals surface area contributed by atoms with Crippen LogP contribution in [0.15, 0.2) is 64.5 Å². The van der Waals surface area contributed by atoms with Crippen molar-refractivity contribution in [3.63, 3.8) is 0 Å². The lowest BCUT2D eigenvalue weighted by Crippen LogP contribution is -2.35. The molecule has 1 aromatic heterocycles. The number of nitrogens with zero attached hydrogens (tertiary/aromatic N) is 2. The van der Waals surface area contributed by atoms with Crippen LogP contribution in [0.5, 0.6) is 0 Å². The number of aromatic nitrogens is 2. The van der Waals surface area contributed by atoms with E-state index in [1.54, 1.807) is 4.57 Å². The molecule has 0 aliphatic heterocycles. The molecule has 38 heavy (non-hydrogen) atoms. The zero-order chi connectivity index (χ0) is 26.3. The number of amides is 2. The van der Waals surface area contributed by atoms with Gasteiger partial charge in [-0.25, -0.2) is 4.98 Å². The van der Waals surface area contributed by atoms with E-state index in [0.717, 1.165) is 44.1 Å². The summed E-state index contributed by atoms with van der Waals surface area (Å²) in [5.74, 6) is 0.657. The van der Waals surface area contributed by atoms with E-state index in [4.69, 9.17) is 4.98 Å². The summed E-state index contributed by atoms with van der Waals surface area (Å²) in [6.07, 6.45) is 7.82. The molecule has 2 aliphatic carbocycles. The van der Waals surface area contributed by atoms with E-state index in [-0.39, 0.29) is 35.1 Å². The van der Waals surface area contributed by atoms with Crippen LogP contribution in [-0.4, -0.2) is 33.2 Å². The molecule has 2 aliphatic rings. The van der Waals surface area contributed by atoms with E-state index < -0.39 is 0 Å². The molecule has 2 fully saturated rings. The minimum Gasteiger partial charge on any atom is -0.353 e. The van der Waals surface area contributed by atoms with Crippen molar-refractivity contribution in [3.8, 4) is 0 Å². The normalized spacial score (nSPS) is 19.9. The fourth-order valence-electron chi connectivity index (χ4n) is 5.68. The van der Waals surface area contributed by atoms with E-state index >= 15 is 0 Å². The van der Waals surface area contributed by atoms with Gasteiger partial charge in [-0.1, -0.05) is 67.1 Å². The third-order valence-electron chi connectivity index (χ3n) is 7.85. The van der Waals surface area contributed by atoms with Crippen LogP contribution < -0.4 is 16.2 Å². The number of benzene rings is 2. The molecule has 2 saturated carbocycles. The van der Waals surface area contributed by atoms with E-state index in [2.05, 4.69) is 10.6 Å². The number of carbonyl (C=O) groups is 2. The molecule has 3 aromatic rings. The van der Waals surface area contributed by atoms with Gasteiger partial charge in [0.15, 0.2) is 5.16 Å². The smallest absolute Gasteiger partial charge is 0.262 e. The molecule has 0 saturated heterocycles. The van der Waals surface area contributed by atoms with Crippen molar-refractivity contribution in [3.05, 3.63) is 70.5 Å². The van der Waals surface area contributed by atoms with Crippen molar-refractivity contribution in [1.82, 2.24) is 20.2 Å². The molecule has 1 heterocycles. The molecule has 0 radical (unpaired) electrons. The van der Waals surface area contributed by atoms with Gasteiger partial charge in [0.1, 0.15) is 0 Å². The second-order valence-electron chi connectivity index (χ2n) is 10.6. The largest absolute Gasteiger partial charge is 0.353 e. The molecule has 2 aromatic carbocycles. The molecule has 0 unspecified atom stereocenters. The Morgan fingerprint density at radius 3 is 2.39 bits per heavy atom.